The van der Waals surface area contributed by atoms with Gasteiger partial charge in [0.2, 0.25) is 0 Å². The molecule has 3 N–H and O–H groups in total. The summed E-state index contributed by atoms with van der Waals surface area (Å²) in [5.41, 5.74) is 3.86. The number of carbonyl (C=O) groups excluding carboxylic acids is 1. The number of phenols is 1. The first kappa shape index (κ1) is 19.3. The molecule has 1 atom stereocenters. The summed E-state index contributed by atoms with van der Waals surface area (Å²) >= 11 is 7.76. The highest BCUT2D eigenvalue weighted by Crippen LogP contribution is 2.40. The second kappa shape index (κ2) is 8.13. The van der Waals surface area contributed by atoms with Crippen LogP contribution in [0.5, 0.6) is 5.75 Å². The van der Waals surface area contributed by atoms with Crippen LogP contribution in [0.15, 0.2) is 29.3 Å². The molecule has 148 valence electrons. The highest BCUT2D eigenvalue weighted by Gasteiger charge is 2.31. The van der Waals surface area contributed by atoms with Crippen molar-refractivity contribution in [3.63, 3.8) is 0 Å². The fourth-order valence-corrected chi connectivity index (χ4v) is 5.29. The van der Waals surface area contributed by atoms with Crippen LogP contribution in [0.4, 0.5) is 4.79 Å². The minimum absolute atomic E-state index is 0.0285. The van der Waals surface area contributed by atoms with E-state index in [0.29, 0.717) is 12.3 Å². The van der Waals surface area contributed by atoms with Gasteiger partial charge in [0.1, 0.15) is 10.8 Å². The maximum absolute atomic E-state index is 12.2. The zero-order valence-electron chi connectivity index (χ0n) is 15.8. The van der Waals surface area contributed by atoms with Crippen LogP contribution >= 0.6 is 22.9 Å². The Morgan fingerprint density at radius 2 is 2.07 bits per heavy atom. The van der Waals surface area contributed by atoms with Gasteiger partial charge in [0.15, 0.2) is 0 Å². The van der Waals surface area contributed by atoms with E-state index in [-0.39, 0.29) is 22.8 Å². The monoisotopic (exact) mass is 417 g/mol. The Bertz CT molecular complexity index is 918. The van der Waals surface area contributed by atoms with Crippen molar-refractivity contribution in [1.82, 2.24) is 15.6 Å². The molecular weight excluding hydrogens is 394 g/mol. The van der Waals surface area contributed by atoms with E-state index in [1.54, 1.807) is 29.5 Å². The number of allylic oxidation sites excluding steroid dienone is 1. The topological polar surface area (TPSA) is 74.2 Å². The average Bonchev–Trinajstić information content (AvgIpc) is 3.19. The third-order valence-corrected chi connectivity index (χ3v) is 6.78. The maximum atomic E-state index is 12.2. The highest BCUT2D eigenvalue weighted by atomic mass is 35.5. The van der Waals surface area contributed by atoms with Crippen molar-refractivity contribution in [1.29, 1.82) is 0 Å². The van der Waals surface area contributed by atoms with E-state index in [4.69, 9.17) is 16.6 Å². The summed E-state index contributed by atoms with van der Waals surface area (Å²) in [6.07, 6.45) is 6.96. The van der Waals surface area contributed by atoms with Gasteiger partial charge in [-0.15, -0.1) is 11.3 Å². The Morgan fingerprint density at radius 1 is 1.29 bits per heavy atom. The first-order valence-electron chi connectivity index (χ1n) is 9.81. The molecule has 2 heterocycles. The molecule has 1 aliphatic heterocycles. The summed E-state index contributed by atoms with van der Waals surface area (Å²) < 4.78 is 0. The van der Waals surface area contributed by atoms with E-state index in [1.807, 2.05) is 6.92 Å². The number of rotatable bonds is 4. The van der Waals surface area contributed by atoms with Gasteiger partial charge >= 0.3 is 6.03 Å². The van der Waals surface area contributed by atoms with Gasteiger partial charge in [-0.05, 0) is 37.0 Å². The van der Waals surface area contributed by atoms with E-state index in [0.717, 1.165) is 21.8 Å². The van der Waals surface area contributed by atoms with Gasteiger partial charge in [0.25, 0.3) is 0 Å². The van der Waals surface area contributed by atoms with E-state index in [9.17, 15) is 9.90 Å². The number of phenolic OH excluding ortho intramolecular Hbond substituents is 1. The van der Waals surface area contributed by atoms with Crippen molar-refractivity contribution in [3.05, 3.63) is 50.6 Å². The number of aromatic hydroxyl groups is 1. The Morgan fingerprint density at radius 3 is 2.79 bits per heavy atom. The molecule has 0 spiro atoms. The van der Waals surface area contributed by atoms with Gasteiger partial charge in [-0.2, -0.15) is 0 Å². The molecule has 1 fully saturated rings. The molecule has 1 aliphatic carbocycles. The first-order valence-corrected chi connectivity index (χ1v) is 11.1. The lowest BCUT2D eigenvalue weighted by Gasteiger charge is -2.29. The Kier molecular flexibility index (Phi) is 5.60. The third-order valence-electron chi connectivity index (χ3n) is 5.59. The van der Waals surface area contributed by atoms with Crippen LogP contribution in [-0.4, -0.2) is 16.1 Å². The number of carbonyl (C=O) groups is 1. The van der Waals surface area contributed by atoms with Crippen molar-refractivity contribution in [2.75, 3.05) is 0 Å². The second-order valence-corrected chi connectivity index (χ2v) is 8.67. The van der Waals surface area contributed by atoms with Gasteiger partial charge in [-0.25, -0.2) is 9.78 Å². The van der Waals surface area contributed by atoms with Crippen LogP contribution < -0.4 is 10.6 Å². The fourth-order valence-electron chi connectivity index (χ4n) is 4.10. The Hall–Kier alpha value is -2.05. The van der Waals surface area contributed by atoms with E-state index in [1.165, 1.54) is 37.8 Å². The molecule has 0 radical (unpaired) electrons. The molecule has 28 heavy (non-hydrogen) atoms. The number of urea groups is 1. The number of aromatic nitrogens is 1. The van der Waals surface area contributed by atoms with Crippen molar-refractivity contribution in [2.45, 2.75) is 57.4 Å². The van der Waals surface area contributed by atoms with Gasteiger partial charge in [0.05, 0.1) is 16.8 Å². The molecule has 1 saturated carbocycles. The zero-order valence-corrected chi connectivity index (χ0v) is 17.4. The number of nitrogens with zero attached hydrogens (tertiary/aromatic N) is 1. The maximum Gasteiger partial charge on any atom is 0.319 e. The van der Waals surface area contributed by atoms with Crippen molar-refractivity contribution in [2.24, 2.45) is 0 Å². The van der Waals surface area contributed by atoms with Crippen LogP contribution in [0.25, 0.3) is 5.57 Å². The summed E-state index contributed by atoms with van der Waals surface area (Å²) in [4.78, 5) is 17.2. The average molecular weight is 418 g/mol. The summed E-state index contributed by atoms with van der Waals surface area (Å²) in [5, 5.41) is 19.1. The minimum atomic E-state index is -0.354. The highest BCUT2D eigenvalue weighted by molar-refractivity contribution is 7.10. The minimum Gasteiger partial charge on any atom is -0.506 e. The number of hydrogen-bond acceptors (Lipinski definition) is 4. The van der Waals surface area contributed by atoms with E-state index < -0.39 is 0 Å². The molecule has 2 aliphatic rings. The Labute approximate surface area is 173 Å². The summed E-state index contributed by atoms with van der Waals surface area (Å²) in [5.74, 6) is 0.567. The number of nitrogens with one attached hydrogen (secondary N) is 2. The molecule has 2 aromatic rings. The van der Waals surface area contributed by atoms with Gasteiger partial charge in [0, 0.05) is 22.6 Å². The molecule has 0 bridgehead atoms. The van der Waals surface area contributed by atoms with Crippen molar-refractivity contribution in [3.8, 4) is 5.75 Å². The lowest BCUT2D eigenvalue weighted by atomic mass is 9.87. The normalized spacial score (nSPS) is 20.8. The molecule has 7 heteroatoms. The predicted octanol–water partition coefficient (Wildman–Crippen LogP) is 5.73. The lowest BCUT2D eigenvalue weighted by molar-refractivity contribution is 0.240. The van der Waals surface area contributed by atoms with Crippen LogP contribution in [0.1, 0.15) is 73.7 Å². The van der Waals surface area contributed by atoms with Crippen LogP contribution in [0.2, 0.25) is 5.02 Å². The van der Waals surface area contributed by atoms with Crippen molar-refractivity contribution < 1.29 is 9.90 Å². The third kappa shape index (κ3) is 3.76. The molecule has 5 nitrogen and oxygen atoms in total. The summed E-state index contributed by atoms with van der Waals surface area (Å²) in [7, 11) is 0. The van der Waals surface area contributed by atoms with Crippen molar-refractivity contribution >= 4 is 34.5 Å². The molecule has 4 rings (SSSR count). The molecule has 0 saturated heterocycles. The molecule has 1 aromatic heterocycles. The second-order valence-electron chi connectivity index (χ2n) is 7.40. The SMILES string of the molecule is CCC1=C(c2nc(C3CCCCC3)cs2)[C@H](c2ccc(O)c(Cl)c2)NC(=O)N1. The quantitative estimate of drug-likeness (QED) is 0.595. The molecular formula is C21H24ClN3O2S. The smallest absolute Gasteiger partial charge is 0.319 e. The lowest BCUT2D eigenvalue weighted by Crippen LogP contribution is -2.43. The number of amides is 2. The van der Waals surface area contributed by atoms with Crippen LogP contribution in [-0.2, 0) is 0 Å². The Balaban J connectivity index is 1.74. The van der Waals surface area contributed by atoms with E-state index >= 15 is 0 Å². The fraction of sp³-hybridized carbons (Fsp3) is 0.429. The first-order chi connectivity index (χ1) is 13.6. The number of thiazole rings is 1. The summed E-state index contributed by atoms with van der Waals surface area (Å²) in [6.45, 7) is 2.03. The molecule has 1 aromatic carbocycles. The van der Waals surface area contributed by atoms with E-state index in [2.05, 4.69) is 16.0 Å². The van der Waals surface area contributed by atoms with Crippen LogP contribution in [0, 0.1) is 0 Å². The molecule has 0 unspecified atom stereocenters. The predicted molar refractivity (Wildman–Crippen MR) is 113 cm³/mol. The zero-order chi connectivity index (χ0) is 19.7. The van der Waals surface area contributed by atoms with Gasteiger partial charge < -0.3 is 15.7 Å². The largest absolute Gasteiger partial charge is 0.506 e. The summed E-state index contributed by atoms with van der Waals surface area (Å²) in [6, 6.07) is 4.46. The number of benzene rings is 1. The standard InChI is InChI=1S/C21H24ClN3O2S/c1-2-15-18(20-23-16(11-28-20)12-6-4-3-5-7-12)19(25-21(27)24-15)13-8-9-17(26)14(22)10-13/h8-12,19,26H,2-7H2,1H3,(H2,24,25,27)/t19-/m0/s1. The van der Waals surface area contributed by atoms with Crippen LogP contribution in [0.3, 0.4) is 0 Å². The number of hydrogen-bond donors (Lipinski definition) is 3. The van der Waals surface area contributed by atoms with Gasteiger partial charge in [-0.1, -0.05) is 43.9 Å². The molecule has 2 amide bonds. The van der Waals surface area contributed by atoms with Gasteiger partial charge in [-0.3, -0.25) is 0 Å². The number of halogens is 1.